The predicted molar refractivity (Wildman–Crippen MR) is 84.2 cm³/mol. The Morgan fingerprint density at radius 1 is 0.667 bits per heavy atom. The topological polar surface area (TPSA) is 33.1 Å². The molecule has 0 aliphatic heterocycles. The lowest BCUT2D eigenvalue weighted by Gasteiger charge is -2.29. The molecule has 1 aromatic heterocycles. The zero-order valence-corrected chi connectivity index (χ0v) is 12.5. The van der Waals surface area contributed by atoms with Gasteiger partial charge in [-0.05, 0) is 35.4 Å². The molecule has 24 heavy (non-hydrogen) atoms. The van der Waals surface area contributed by atoms with E-state index < -0.39 is 17.3 Å². The number of aliphatic hydroxyl groups is 1. The first-order valence-corrected chi connectivity index (χ1v) is 7.29. The minimum absolute atomic E-state index is 0.320. The van der Waals surface area contributed by atoms with Crippen LogP contribution in [0.2, 0.25) is 0 Å². The van der Waals surface area contributed by atoms with Crippen LogP contribution in [0.1, 0.15) is 22.4 Å². The number of benzene rings is 2. The molecule has 122 valence electrons. The minimum Gasteiger partial charge on any atom is -0.374 e. The van der Waals surface area contributed by atoms with Crippen LogP contribution in [0.5, 0.6) is 0 Å². The van der Waals surface area contributed by atoms with Crippen LogP contribution >= 0.6 is 0 Å². The number of halogens is 3. The molecule has 2 nitrogen and oxygen atoms in total. The minimum atomic E-state index is -4.42. The van der Waals surface area contributed by atoms with Gasteiger partial charge in [-0.3, -0.25) is 4.98 Å². The van der Waals surface area contributed by atoms with Crippen LogP contribution in [0.15, 0.2) is 79.0 Å². The van der Waals surface area contributed by atoms with Crippen LogP contribution in [0.4, 0.5) is 13.2 Å². The Morgan fingerprint density at radius 2 is 1.21 bits per heavy atom. The van der Waals surface area contributed by atoms with Gasteiger partial charge in [0.1, 0.15) is 0 Å². The van der Waals surface area contributed by atoms with E-state index in [2.05, 4.69) is 4.98 Å². The zero-order chi connectivity index (χ0) is 17.2. The van der Waals surface area contributed by atoms with Gasteiger partial charge in [-0.1, -0.05) is 48.5 Å². The fourth-order valence-corrected chi connectivity index (χ4v) is 2.62. The number of rotatable bonds is 3. The zero-order valence-electron chi connectivity index (χ0n) is 12.5. The summed E-state index contributed by atoms with van der Waals surface area (Å²) in [6.07, 6.45) is -2.89. The van der Waals surface area contributed by atoms with Gasteiger partial charge in [-0.2, -0.15) is 13.2 Å². The van der Waals surface area contributed by atoms with Crippen LogP contribution in [0.3, 0.4) is 0 Å². The molecule has 0 spiro atoms. The summed E-state index contributed by atoms with van der Waals surface area (Å²) in [7, 11) is 0. The maximum atomic E-state index is 12.8. The smallest absolute Gasteiger partial charge is 0.374 e. The first kappa shape index (κ1) is 16.2. The number of hydrogen-bond donors (Lipinski definition) is 1. The Hall–Kier alpha value is -2.66. The summed E-state index contributed by atoms with van der Waals surface area (Å²) >= 11 is 0. The molecule has 0 aliphatic carbocycles. The lowest BCUT2D eigenvalue weighted by molar-refractivity contribution is -0.137. The molecule has 2 aromatic carbocycles. The van der Waals surface area contributed by atoms with Crippen LogP contribution < -0.4 is 0 Å². The van der Waals surface area contributed by atoms with Gasteiger partial charge in [-0.25, -0.2) is 0 Å². The second kappa shape index (κ2) is 6.09. The van der Waals surface area contributed by atoms with E-state index in [1.807, 2.05) is 0 Å². The molecule has 0 saturated carbocycles. The highest BCUT2D eigenvalue weighted by atomic mass is 19.4. The molecule has 0 radical (unpaired) electrons. The van der Waals surface area contributed by atoms with Gasteiger partial charge in [0.2, 0.25) is 0 Å². The second-order valence-corrected chi connectivity index (χ2v) is 5.37. The van der Waals surface area contributed by atoms with Gasteiger partial charge >= 0.3 is 6.18 Å². The maximum Gasteiger partial charge on any atom is 0.416 e. The van der Waals surface area contributed by atoms with Gasteiger partial charge in [0.15, 0.2) is 5.60 Å². The number of alkyl halides is 3. The summed E-state index contributed by atoms with van der Waals surface area (Å²) in [6, 6.07) is 18.3. The van der Waals surface area contributed by atoms with Crippen molar-refractivity contribution in [3.63, 3.8) is 0 Å². The van der Waals surface area contributed by atoms with E-state index in [9.17, 15) is 18.3 Å². The molecule has 1 unspecified atom stereocenters. The summed E-state index contributed by atoms with van der Waals surface area (Å²) in [5.74, 6) is 0. The Bertz CT molecular complexity index is 760. The molecule has 1 N–H and O–H groups in total. The van der Waals surface area contributed by atoms with Gasteiger partial charge in [0, 0.05) is 6.20 Å². The average Bonchev–Trinajstić information content (AvgIpc) is 2.62. The van der Waals surface area contributed by atoms with E-state index in [0.29, 0.717) is 16.8 Å². The molecule has 0 saturated heterocycles. The van der Waals surface area contributed by atoms with Crippen molar-refractivity contribution in [2.24, 2.45) is 0 Å². The lowest BCUT2D eigenvalue weighted by atomic mass is 9.83. The van der Waals surface area contributed by atoms with Crippen LogP contribution in [-0.4, -0.2) is 10.1 Å². The molecule has 0 aliphatic rings. The highest BCUT2D eigenvalue weighted by Gasteiger charge is 2.36. The Balaban J connectivity index is 2.16. The standard InChI is InChI=1S/C19H14F3NO/c20-19(21,22)16-11-9-15(10-12-16)18(24,14-6-2-1-3-7-14)17-8-4-5-13-23-17/h1-13,24H. The Labute approximate surface area is 137 Å². The molecule has 0 fully saturated rings. The third-order valence-corrected chi connectivity index (χ3v) is 3.86. The summed E-state index contributed by atoms with van der Waals surface area (Å²) in [5.41, 5.74) is -1.20. The number of pyridine rings is 1. The van der Waals surface area contributed by atoms with Crippen molar-refractivity contribution in [2.75, 3.05) is 0 Å². The molecule has 3 aromatic rings. The van der Waals surface area contributed by atoms with Gasteiger partial charge in [0.05, 0.1) is 11.3 Å². The summed E-state index contributed by atoms with van der Waals surface area (Å²) in [5, 5.41) is 11.4. The maximum absolute atomic E-state index is 12.8. The normalized spacial score (nSPS) is 14.2. The molecule has 5 heteroatoms. The summed E-state index contributed by atoms with van der Waals surface area (Å²) in [4.78, 5) is 4.20. The third kappa shape index (κ3) is 2.90. The van der Waals surface area contributed by atoms with Crippen molar-refractivity contribution in [1.29, 1.82) is 0 Å². The third-order valence-electron chi connectivity index (χ3n) is 3.86. The van der Waals surface area contributed by atoms with Crippen molar-refractivity contribution >= 4 is 0 Å². The van der Waals surface area contributed by atoms with Gasteiger partial charge in [-0.15, -0.1) is 0 Å². The number of hydrogen-bond acceptors (Lipinski definition) is 2. The molecule has 0 bridgehead atoms. The fourth-order valence-electron chi connectivity index (χ4n) is 2.62. The van der Waals surface area contributed by atoms with E-state index >= 15 is 0 Å². The summed E-state index contributed by atoms with van der Waals surface area (Å²) in [6.45, 7) is 0. The van der Waals surface area contributed by atoms with Crippen LogP contribution in [0.25, 0.3) is 0 Å². The number of nitrogens with zero attached hydrogens (tertiary/aromatic N) is 1. The quantitative estimate of drug-likeness (QED) is 0.773. The van der Waals surface area contributed by atoms with E-state index in [-0.39, 0.29) is 0 Å². The highest BCUT2D eigenvalue weighted by molar-refractivity contribution is 5.45. The van der Waals surface area contributed by atoms with E-state index in [4.69, 9.17) is 0 Å². The monoisotopic (exact) mass is 329 g/mol. The fraction of sp³-hybridized carbons (Fsp3) is 0.105. The van der Waals surface area contributed by atoms with E-state index in [0.717, 1.165) is 12.1 Å². The summed E-state index contributed by atoms with van der Waals surface area (Å²) < 4.78 is 38.4. The SMILES string of the molecule is OC(c1ccccc1)(c1ccc(C(F)(F)F)cc1)c1ccccn1. The van der Waals surface area contributed by atoms with E-state index in [1.54, 1.807) is 48.5 Å². The molecule has 3 rings (SSSR count). The molecule has 0 amide bonds. The molecule has 1 atom stereocenters. The first-order chi connectivity index (χ1) is 11.4. The van der Waals surface area contributed by atoms with Crippen molar-refractivity contribution in [2.45, 2.75) is 11.8 Å². The van der Waals surface area contributed by atoms with Crippen molar-refractivity contribution < 1.29 is 18.3 Å². The van der Waals surface area contributed by atoms with Crippen molar-refractivity contribution in [3.8, 4) is 0 Å². The Kier molecular flexibility index (Phi) is 4.11. The molecular formula is C19H14F3NO. The second-order valence-electron chi connectivity index (χ2n) is 5.37. The number of aromatic nitrogens is 1. The van der Waals surface area contributed by atoms with Crippen molar-refractivity contribution in [1.82, 2.24) is 4.98 Å². The van der Waals surface area contributed by atoms with E-state index in [1.165, 1.54) is 18.3 Å². The van der Waals surface area contributed by atoms with Crippen LogP contribution in [-0.2, 0) is 11.8 Å². The largest absolute Gasteiger partial charge is 0.416 e. The van der Waals surface area contributed by atoms with Gasteiger partial charge < -0.3 is 5.11 Å². The highest BCUT2D eigenvalue weighted by Crippen LogP contribution is 2.37. The first-order valence-electron chi connectivity index (χ1n) is 7.29. The van der Waals surface area contributed by atoms with Crippen molar-refractivity contribution in [3.05, 3.63) is 101 Å². The van der Waals surface area contributed by atoms with Gasteiger partial charge in [0.25, 0.3) is 0 Å². The predicted octanol–water partition coefficient (Wildman–Crippen LogP) is 4.38. The molecule has 1 heterocycles. The lowest BCUT2D eigenvalue weighted by Crippen LogP contribution is -2.30. The Morgan fingerprint density at radius 3 is 1.75 bits per heavy atom. The molecular weight excluding hydrogens is 315 g/mol. The average molecular weight is 329 g/mol. The van der Waals surface area contributed by atoms with Crippen LogP contribution in [0, 0.1) is 0 Å².